The summed E-state index contributed by atoms with van der Waals surface area (Å²) in [7, 11) is -0.709. The lowest BCUT2D eigenvalue weighted by atomic mass is 10.0. The molecule has 0 atom stereocenters. The molecular weight excluding hydrogens is 837 g/mol. The van der Waals surface area contributed by atoms with E-state index >= 15 is 0 Å². The van der Waals surface area contributed by atoms with Crippen molar-refractivity contribution in [1.29, 1.82) is 0 Å². The van der Waals surface area contributed by atoms with Gasteiger partial charge in [-0.05, 0) is 79.8 Å². The van der Waals surface area contributed by atoms with E-state index in [1.165, 1.54) is 6.20 Å². The number of nitrogens with one attached hydrogen (secondary N) is 2. The van der Waals surface area contributed by atoms with E-state index in [1.54, 1.807) is 43.9 Å². The predicted octanol–water partition coefficient (Wildman–Crippen LogP) is 6.41. The first kappa shape index (κ1) is 42.8. The molecule has 2 saturated heterocycles. The number of hydrogen-bond donors (Lipinski definition) is 3. The number of rotatable bonds is 9. The molecule has 1 aromatic carbocycles. The number of halogens is 7. The molecule has 2 aliphatic heterocycles. The number of hydrogen-bond acceptors (Lipinski definition) is 13. The van der Waals surface area contributed by atoms with E-state index in [2.05, 4.69) is 73.2 Å². The van der Waals surface area contributed by atoms with Crippen molar-refractivity contribution in [3.63, 3.8) is 0 Å². The molecule has 0 radical (unpaired) electrons. The highest BCUT2D eigenvalue weighted by atomic mass is 79.9. The number of nitrogens with zero attached hydrogens (tertiary/aromatic N) is 8. The van der Waals surface area contributed by atoms with Crippen molar-refractivity contribution < 1.29 is 45.5 Å². The molecule has 5 heterocycles. The van der Waals surface area contributed by atoms with Crippen LogP contribution >= 0.6 is 23.1 Å². The second-order valence-corrected chi connectivity index (χ2v) is 17.6. The van der Waals surface area contributed by atoms with Gasteiger partial charge in [-0.15, -0.1) is 0 Å². The van der Waals surface area contributed by atoms with Crippen molar-refractivity contribution >= 4 is 74.3 Å². The van der Waals surface area contributed by atoms with Crippen LogP contribution in [0.3, 0.4) is 0 Å². The molecule has 0 saturated carbocycles. The molecule has 0 aliphatic carbocycles. The average molecular weight is 878 g/mol. The van der Waals surface area contributed by atoms with Gasteiger partial charge >= 0.3 is 18.3 Å². The van der Waals surface area contributed by atoms with Crippen LogP contribution in [0.5, 0.6) is 5.88 Å². The number of ether oxygens (including phenoxy) is 1. The molecule has 0 bridgehead atoms. The fourth-order valence-electron chi connectivity index (χ4n) is 6.32. The number of likely N-dealkylation sites (N-methyl/N-ethyl adjacent to an activating group) is 1. The third-order valence-electron chi connectivity index (χ3n) is 8.98. The molecule has 2 fully saturated rings. The Bertz CT molecular complexity index is 2070. The van der Waals surface area contributed by atoms with Crippen LogP contribution in [0.25, 0.3) is 11.0 Å². The van der Waals surface area contributed by atoms with Crippen molar-refractivity contribution in [2.24, 2.45) is 0 Å². The zero-order chi connectivity index (χ0) is 41.0. The summed E-state index contributed by atoms with van der Waals surface area (Å²) >= 11 is 3.47. The lowest BCUT2D eigenvalue weighted by molar-refractivity contribution is -0.192. The first-order chi connectivity index (χ1) is 26.2. The van der Waals surface area contributed by atoms with Gasteiger partial charge in [0, 0.05) is 63.9 Å². The van der Waals surface area contributed by atoms with E-state index in [0.29, 0.717) is 44.2 Å². The van der Waals surface area contributed by atoms with Gasteiger partial charge in [0.1, 0.15) is 30.0 Å². The van der Waals surface area contributed by atoms with Crippen molar-refractivity contribution in [1.82, 2.24) is 34.7 Å². The number of carboxylic acid groups (broad SMARTS) is 1. The molecule has 56 heavy (non-hydrogen) atoms. The number of benzene rings is 1. The predicted molar refractivity (Wildman–Crippen MR) is 203 cm³/mol. The Kier molecular flexibility index (Phi) is 13.3. The van der Waals surface area contributed by atoms with Gasteiger partial charge in [0.25, 0.3) is 0 Å². The maximum Gasteiger partial charge on any atom is 0.490 e. The van der Waals surface area contributed by atoms with E-state index in [-0.39, 0.29) is 17.5 Å². The summed E-state index contributed by atoms with van der Waals surface area (Å²) in [5.74, 6) is -1.95. The Hall–Kier alpha value is -4.33. The van der Waals surface area contributed by atoms with Crippen LogP contribution in [0.2, 0.25) is 0 Å². The number of carbonyl (C=O) groups is 1. The Balaban J connectivity index is 0.000000784. The molecule has 3 aromatic heterocycles. The summed E-state index contributed by atoms with van der Waals surface area (Å²) in [5, 5.41) is 13.9. The summed E-state index contributed by atoms with van der Waals surface area (Å²) in [5.41, 5.74) is 2.62. The van der Waals surface area contributed by atoms with Gasteiger partial charge in [-0.3, -0.25) is 14.9 Å². The highest BCUT2D eigenvalue weighted by molar-refractivity contribution is 9.10. The van der Waals surface area contributed by atoms with Crippen LogP contribution in [0.1, 0.15) is 18.4 Å². The molecule has 14 nitrogen and oxygen atoms in total. The monoisotopic (exact) mass is 876 g/mol. The Labute approximate surface area is 326 Å². The van der Waals surface area contributed by atoms with Gasteiger partial charge in [0.15, 0.2) is 6.61 Å². The molecule has 304 valence electrons. The summed E-state index contributed by atoms with van der Waals surface area (Å²) in [6.07, 6.45) is -3.13. The number of piperazine rings is 1. The van der Waals surface area contributed by atoms with Crippen molar-refractivity contribution in [3.8, 4) is 5.88 Å². The molecular formula is C34H40BrF6N10O4P. The summed E-state index contributed by atoms with van der Waals surface area (Å²) in [6, 6.07) is 5.72. The number of aliphatic carboxylic acids is 1. The van der Waals surface area contributed by atoms with Crippen molar-refractivity contribution in [3.05, 3.63) is 46.8 Å². The summed E-state index contributed by atoms with van der Waals surface area (Å²) in [4.78, 5) is 38.2. The number of aromatic nitrogens is 5. The maximum absolute atomic E-state index is 13.4. The number of alkyl halides is 6. The Morgan fingerprint density at radius 1 is 0.964 bits per heavy atom. The van der Waals surface area contributed by atoms with Gasteiger partial charge in [0.05, 0.1) is 21.0 Å². The number of pyridine rings is 1. The van der Waals surface area contributed by atoms with Gasteiger partial charge in [-0.2, -0.15) is 36.3 Å². The van der Waals surface area contributed by atoms with Crippen LogP contribution in [-0.2, 0) is 9.36 Å². The van der Waals surface area contributed by atoms with E-state index in [0.717, 1.165) is 57.7 Å². The van der Waals surface area contributed by atoms with E-state index in [9.17, 15) is 30.9 Å². The van der Waals surface area contributed by atoms with Gasteiger partial charge in [-0.25, -0.2) is 9.78 Å². The van der Waals surface area contributed by atoms with Gasteiger partial charge in [0.2, 0.25) is 11.8 Å². The molecule has 0 amide bonds. The number of piperidine rings is 1. The molecule has 2 aliphatic rings. The zero-order valence-electron chi connectivity index (χ0n) is 30.7. The number of fused-ring (bicyclic) bond motifs is 1. The smallest absolute Gasteiger partial charge is 0.475 e. The van der Waals surface area contributed by atoms with Crippen LogP contribution in [0.4, 0.5) is 55.3 Å². The van der Waals surface area contributed by atoms with E-state index in [1.807, 2.05) is 6.92 Å². The quantitative estimate of drug-likeness (QED) is 0.125. The van der Waals surface area contributed by atoms with Gasteiger partial charge < -0.3 is 34.8 Å². The maximum atomic E-state index is 13.4. The number of carboxylic acids is 1. The second kappa shape index (κ2) is 17.4. The fraction of sp³-hybridized carbons (Fsp3) is 0.471. The second-order valence-electron chi connectivity index (χ2n) is 13.6. The van der Waals surface area contributed by atoms with Crippen LogP contribution in [-0.4, -0.2) is 130 Å². The average Bonchev–Trinajstić information content (AvgIpc) is 3.12. The molecule has 3 N–H and O–H groups in total. The van der Waals surface area contributed by atoms with E-state index < -0.39 is 32.1 Å². The van der Waals surface area contributed by atoms with Crippen LogP contribution < -0.4 is 25.6 Å². The van der Waals surface area contributed by atoms with Crippen molar-refractivity contribution in [2.75, 3.05) is 81.8 Å². The normalized spacial score (nSPS) is 16.3. The SMILES string of the molecule is Cc1cc(Nc2ncc(Br)c(Nc3ccc4nccnc4c3P(C)(C)=O)n2)c(OCC(F)(F)F)nc1N1CCC(N2CCN(C)CC2)CC1.O=C(O)C(F)(F)F. The number of aryl methyl sites for hydroxylation is 1. The largest absolute Gasteiger partial charge is 0.490 e. The van der Waals surface area contributed by atoms with Gasteiger partial charge in [-0.1, -0.05) is 0 Å². The first-order valence-corrected chi connectivity index (χ1v) is 20.6. The lowest BCUT2D eigenvalue weighted by Gasteiger charge is -2.42. The number of anilines is 5. The first-order valence-electron chi connectivity index (χ1n) is 17.2. The van der Waals surface area contributed by atoms with Crippen LogP contribution in [0, 0.1) is 6.92 Å². The minimum Gasteiger partial charge on any atom is -0.475 e. The molecule has 0 spiro atoms. The standard InChI is InChI=1S/C32H39BrF3N10O2P.C2HF3O2/c1-20-17-25(30(48-19-32(34,35)36)43-29(20)46-11-7-21(8-12-46)45-15-13-44(2)14-16-45)41-31-39-18-22(33)28(42-31)40-24-6-5-23-26(38-10-9-37-23)27(24)49(3,4)47;3-2(4,5)1(6)7/h5-6,9-10,17-18,21H,7-8,11-16,19H2,1-4H3,(H2,39,40,41,42);(H,6,7). The highest BCUT2D eigenvalue weighted by Gasteiger charge is 2.38. The molecule has 0 unspecified atom stereocenters. The van der Waals surface area contributed by atoms with Crippen LogP contribution in [0.15, 0.2) is 41.3 Å². The summed E-state index contributed by atoms with van der Waals surface area (Å²) in [6.45, 7) is 9.35. The Morgan fingerprint density at radius 2 is 1.61 bits per heavy atom. The van der Waals surface area contributed by atoms with E-state index in [4.69, 9.17) is 14.6 Å². The third-order valence-corrected chi connectivity index (χ3v) is 11.1. The topological polar surface area (TPSA) is 162 Å². The molecule has 6 rings (SSSR count). The highest BCUT2D eigenvalue weighted by Crippen LogP contribution is 2.41. The van der Waals surface area contributed by atoms with Crippen molar-refractivity contribution in [2.45, 2.75) is 38.2 Å². The lowest BCUT2D eigenvalue weighted by Crippen LogP contribution is -2.52. The zero-order valence-corrected chi connectivity index (χ0v) is 33.2. The Morgan fingerprint density at radius 3 is 2.21 bits per heavy atom. The minimum atomic E-state index is -5.08. The third kappa shape index (κ3) is 11.2. The fourth-order valence-corrected chi connectivity index (χ4v) is 8.00. The minimum absolute atomic E-state index is 0.0859. The molecule has 4 aromatic rings. The summed E-state index contributed by atoms with van der Waals surface area (Å²) < 4.78 is 90.9. The molecule has 22 heteroatoms.